The molecular formula is C7H6BrClFN. The summed E-state index contributed by atoms with van der Waals surface area (Å²) in [6, 6.07) is 4.76. The van der Waals surface area contributed by atoms with Gasteiger partial charge in [-0.2, -0.15) is 0 Å². The van der Waals surface area contributed by atoms with Gasteiger partial charge in [-0.1, -0.05) is 6.07 Å². The summed E-state index contributed by atoms with van der Waals surface area (Å²) < 4.78 is 13.1. The molecule has 0 atom stereocenters. The minimum atomic E-state index is -0.261. The molecule has 1 N–H and O–H groups in total. The normalized spacial score (nSPS) is 10.1. The van der Waals surface area contributed by atoms with Crippen molar-refractivity contribution in [3.8, 4) is 0 Å². The van der Waals surface area contributed by atoms with Crippen molar-refractivity contribution in [1.82, 2.24) is 4.84 Å². The third-order valence-electron chi connectivity index (χ3n) is 1.25. The van der Waals surface area contributed by atoms with Crippen LogP contribution in [0.3, 0.4) is 0 Å². The van der Waals surface area contributed by atoms with Crippen molar-refractivity contribution in [3.63, 3.8) is 0 Å². The third kappa shape index (κ3) is 2.43. The van der Waals surface area contributed by atoms with Crippen LogP contribution in [0.25, 0.3) is 0 Å². The SMILES string of the molecule is Fc1ccc(CNCl)cc1Br. The molecule has 0 unspecified atom stereocenters. The van der Waals surface area contributed by atoms with Crippen LogP contribution in [-0.2, 0) is 6.54 Å². The van der Waals surface area contributed by atoms with E-state index in [1.807, 2.05) is 0 Å². The molecule has 11 heavy (non-hydrogen) atoms. The van der Waals surface area contributed by atoms with Crippen molar-refractivity contribution in [2.45, 2.75) is 6.54 Å². The van der Waals surface area contributed by atoms with Gasteiger partial charge in [0.05, 0.1) is 4.47 Å². The van der Waals surface area contributed by atoms with Gasteiger partial charge in [0.25, 0.3) is 0 Å². The number of benzene rings is 1. The van der Waals surface area contributed by atoms with Crippen LogP contribution >= 0.6 is 27.7 Å². The smallest absolute Gasteiger partial charge is 0.137 e. The highest BCUT2D eigenvalue weighted by atomic mass is 79.9. The van der Waals surface area contributed by atoms with Crippen molar-refractivity contribution in [3.05, 3.63) is 34.1 Å². The van der Waals surface area contributed by atoms with Crippen molar-refractivity contribution in [1.29, 1.82) is 0 Å². The lowest BCUT2D eigenvalue weighted by Gasteiger charge is -1.99. The Morgan fingerprint density at radius 3 is 2.82 bits per heavy atom. The van der Waals surface area contributed by atoms with Gasteiger partial charge in [0.2, 0.25) is 0 Å². The molecule has 0 aliphatic heterocycles. The highest BCUT2D eigenvalue weighted by molar-refractivity contribution is 9.10. The minimum Gasteiger partial charge on any atom is -0.229 e. The first-order chi connectivity index (χ1) is 5.24. The van der Waals surface area contributed by atoms with Crippen LogP contribution in [-0.4, -0.2) is 0 Å². The molecule has 0 fully saturated rings. The minimum absolute atomic E-state index is 0.261. The van der Waals surface area contributed by atoms with Crippen LogP contribution in [0.4, 0.5) is 4.39 Å². The molecule has 0 spiro atoms. The fraction of sp³-hybridized carbons (Fsp3) is 0.143. The van der Waals surface area contributed by atoms with Gasteiger partial charge in [-0.15, -0.1) is 0 Å². The number of hydrogen-bond acceptors (Lipinski definition) is 1. The summed E-state index contributed by atoms with van der Waals surface area (Å²) in [7, 11) is 0. The van der Waals surface area contributed by atoms with Crippen LogP contribution in [0.15, 0.2) is 22.7 Å². The summed E-state index contributed by atoms with van der Waals surface area (Å²) in [6.07, 6.45) is 0. The second-order valence-electron chi connectivity index (χ2n) is 2.06. The van der Waals surface area contributed by atoms with Gasteiger partial charge in [-0.05, 0) is 45.4 Å². The molecule has 0 heterocycles. The maximum Gasteiger partial charge on any atom is 0.137 e. The Kier molecular flexibility index (Phi) is 3.30. The summed E-state index contributed by atoms with van der Waals surface area (Å²) in [5.74, 6) is -0.261. The van der Waals surface area contributed by atoms with E-state index in [1.54, 1.807) is 12.1 Å². The standard InChI is InChI=1S/C7H6BrClFN/c8-6-3-5(4-11-9)1-2-7(6)10/h1-3,11H,4H2. The second kappa shape index (κ2) is 4.04. The van der Waals surface area contributed by atoms with E-state index >= 15 is 0 Å². The molecule has 0 bridgehead atoms. The molecule has 0 aliphatic carbocycles. The molecule has 1 nitrogen and oxygen atoms in total. The van der Waals surface area contributed by atoms with Crippen molar-refractivity contribution < 1.29 is 4.39 Å². The Morgan fingerprint density at radius 1 is 1.55 bits per heavy atom. The van der Waals surface area contributed by atoms with Crippen LogP contribution in [0.1, 0.15) is 5.56 Å². The fourth-order valence-corrected chi connectivity index (χ4v) is 1.31. The van der Waals surface area contributed by atoms with E-state index in [2.05, 4.69) is 20.8 Å². The predicted octanol–water partition coefficient (Wildman–Crippen LogP) is 2.83. The van der Waals surface area contributed by atoms with Gasteiger partial charge in [0.15, 0.2) is 0 Å². The van der Waals surface area contributed by atoms with Gasteiger partial charge in [-0.3, -0.25) is 0 Å². The molecule has 0 aliphatic rings. The first-order valence-corrected chi connectivity index (χ1v) is 4.18. The van der Waals surface area contributed by atoms with E-state index in [-0.39, 0.29) is 5.82 Å². The first-order valence-electron chi connectivity index (χ1n) is 3.01. The monoisotopic (exact) mass is 237 g/mol. The third-order valence-corrected chi connectivity index (χ3v) is 2.00. The van der Waals surface area contributed by atoms with E-state index in [9.17, 15) is 4.39 Å². The fourth-order valence-electron chi connectivity index (χ4n) is 0.727. The molecule has 0 aromatic heterocycles. The van der Waals surface area contributed by atoms with Crippen LogP contribution in [0.2, 0.25) is 0 Å². The average molecular weight is 238 g/mol. The largest absolute Gasteiger partial charge is 0.229 e. The predicted molar refractivity (Wildman–Crippen MR) is 46.8 cm³/mol. The first kappa shape index (κ1) is 8.97. The number of rotatable bonds is 2. The molecular weight excluding hydrogens is 232 g/mol. The highest BCUT2D eigenvalue weighted by Crippen LogP contribution is 2.16. The lowest BCUT2D eigenvalue weighted by atomic mass is 10.2. The lowest BCUT2D eigenvalue weighted by Crippen LogP contribution is -1.98. The number of nitrogens with one attached hydrogen (secondary N) is 1. The average Bonchev–Trinajstić information content (AvgIpc) is 1.98. The lowest BCUT2D eigenvalue weighted by molar-refractivity contribution is 0.620. The molecule has 0 saturated carbocycles. The summed E-state index contributed by atoms with van der Waals surface area (Å²) in [4.78, 5) is 2.46. The summed E-state index contributed by atoms with van der Waals surface area (Å²) in [5, 5.41) is 0. The Bertz CT molecular complexity index is 254. The van der Waals surface area contributed by atoms with Crippen LogP contribution < -0.4 is 4.84 Å². The van der Waals surface area contributed by atoms with Crippen molar-refractivity contribution in [2.24, 2.45) is 0 Å². The van der Waals surface area contributed by atoms with Crippen molar-refractivity contribution >= 4 is 27.7 Å². The second-order valence-corrected chi connectivity index (χ2v) is 3.18. The van der Waals surface area contributed by atoms with E-state index in [4.69, 9.17) is 11.8 Å². The number of halogens is 3. The van der Waals surface area contributed by atoms with E-state index < -0.39 is 0 Å². The summed E-state index contributed by atoms with van der Waals surface area (Å²) >= 11 is 8.34. The van der Waals surface area contributed by atoms with E-state index in [1.165, 1.54) is 6.07 Å². The maximum atomic E-state index is 12.6. The van der Waals surface area contributed by atoms with Gasteiger partial charge < -0.3 is 0 Å². The Labute approximate surface area is 77.8 Å². The Balaban J connectivity index is 2.86. The van der Waals surface area contributed by atoms with Gasteiger partial charge in [0, 0.05) is 6.54 Å². The molecule has 4 heteroatoms. The Morgan fingerprint density at radius 2 is 2.27 bits per heavy atom. The molecule has 0 radical (unpaired) electrons. The van der Waals surface area contributed by atoms with Gasteiger partial charge in [-0.25, -0.2) is 9.23 Å². The summed E-state index contributed by atoms with van der Waals surface area (Å²) in [6.45, 7) is 0.528. The van der Waals surface area contributed by atoms with E-state index in [0.29, 0.717) is 11.0 Å². The number of hydrogen-bond donors (Lipinski definition) is 1. The zero-order valence-electron chi connectivity index (χ0n) is 5.57. The quantitative estimate of drug-likeness (QED) is 0.781. The van der Waals surface area contributed by atoms with Crippen LogP contribution in [0.5, 0.6) is 0 Å². The zero-order valence-corrected chi connectivity index (χ0v) is 7.91. The molecule has 1 aromatic rings. The molecule has 1 aromatic carbocycles. The summed E-state index contributed by atoms with van der Waals surface area (Å²) in [5.41, 5.74) is 0.938. The Hall–Kier alpha value is -0.120. The zero-order chi connectivity index (χ0) is 8.27. The molecule has 0 amide bonds. The molecule has 1 rings (SSSR count). The van der Waals surface area contributed by atoms with Gasteiger partial charge >= 0.3 is 0 Å². The van der Waals surface area contributed by atoms with E-state index in [0.717, 1.165) is 5.56 Å². The molecule has 0 saturated heterocycles. The molecule has 60 valence electrons. The van der Waals surface area contributed by atoms with Gasteiger partial charge in [0.1, 0.15) is 5.82 Å². The van der Waals surface area contributed by atoms with Crippen LogP contribution in [0, 0.1) is 5.82 Å². The highest BCUT2D eigenvalue weighted by Gasteiger charge is 1.98. The topological polar surface area (TPSA) is 12.0 Å². The van der Waals surface area contributed by atoms with Crippen molar-refractivity contribution in [2.75, 3.05) is 0 Å². The maximum absolute atomic E-state index is 12.6.